The summed E-state index contributed by atoms with van der Waals surface area (Å²) in [4.78, 5) is 11.7. The fourth-order valence-corrected chi connectivity index (χ4v) is 2.32. The summed E-state index contributed by atoms with van der Waals surface area (Å²) in [5.41, 5.74) is 1.48. The molecule has 0 aliphatic carbocycles. The largest absolute Gasteiger partial charge is 0.489 e. The van der Waals surface area contributed by atoms with E-state index < -0.39 is 5.97 Å². The van der Waals surface area contributed by atoms with Crippen molar-refractivity contribution in [3.63, 3.8) is 0 Å². The molecule has 2 rings (SSSR count). The number of nitrogens with zero attached hydrogens (tertiary/aromatic N) is 3. The molecule has 0 aliphatic heterocycles. The molecule has 1 heterocycles. The van der Waals surface area contributed by atoms with Crippen LogP contribution in [0, 0.1) is 11.3 Å². The van der Waals surface area contributed by atoms with Crippen molar-refractivity contribution in [1.82, 2.24) is 9.78 Å². The van der Waals surface area contributed by atoms with Crippen LogP contribution in [-0.4, -0.2) is 28.5 Å². The van der Waals surface area contributed by atoms with Gasteiger partial charge in [0.2, 0.25) is 0 Å². The van der Waals surface area contributed by atoms with Gasteiger partial charge in [-0.3, -0.25) is 0 Å². The Balaban J connectivity index is 2.23. The van der Waals surface area contributed by atoms with Gasteiger partial charge in [0.1, 0.15) is 11.8 Å². The Kier molecular flexibility index (Phi) is 5.96. The van der Waals surface area contributed by atoms with Gasteiger partial charge in [0, 0.05) is 6.20 Å². The molecule has 6 nitrogen and oxygen atoms in total. The number of carbonyl (C=O) groups is 1. The Labute approximate surface area is 141 Å². The molecule has 0 radical (unpaired) electrons. The predicted molar refractivity (Wildman–Crippen MR) is 89.2 cm³/mol. The van der Waals surface area contributed by atoms with Crippen LogP contribution in [0.5, 0.6) is 5.75 Å². The van der Waals surface area contributed by atoms with Gasteiger partial charge in [-0.1, -0.05) is 13.3 Å². The molecule has 1 aromatic heterocycles. The minimum absolute atomic E-state index is 0.0491. The maximum absolute atomic E-state index is 11.7. The van der Waals surface area contributed by atoms with Gasteiger partial charge in [-0.25, -0.2) is 9.48 Å². The summed E-state index contributed by atoms with van der Waals surface area (Å²) >= 11 is 0. The first-order valence-corrected chi connectivity index (χ1v) is 8.02. The van der Waals surface area contributed by atoms with Gasteiger partial charge < -0.3 is 9.47 Å². The fraction of sp³-hybridized carbons (Fsp3) is 0.389. The lowest BCUT2D eigenvalue weighted by molar-refractivity contribution is 0.0526. The van der Waals surface area contributed by atoms with E-state index in [1.54, 1.807) is 31.3 Å². The van der Waals surface area contributed by atoms with Crippen molar-refractivity contribution in [2.45, 2.75) is 39.7 Å². The number of hydrogen-bond acceptors (Lipinski definition) is 5. The molecule has 0 fully saturated rings. The van der Waals surface area contributed by atoms with Crippen molar-refractivity contribution in [2.75, 3.05) is 6.61 Å². The average Bonchev–Trinajstić information content (AvgIpc) is 3.06. The fourth-order valence-electron chi connectivity index (χ4n) is 2.32. The average molecular weight is 327 g/mol. The summed E-state index contributed by atoms with van der Waals surface area (Å²) < 4.78 is 12.3. The molecular weight excluding hydrogens is 306 g/mol. The Morgan fingerprint density at radius 3 is 2.88 bits per heavy atom. The number of benzene rings is 1. The lowest BCUT2D eigenvalue weighted by atomic mass is 10.2. The first-order valence-electron chi connectivity index (χ1n) is 8.02. The van der Waals surface area contributed by atoms with Crippen LogP contribution in [0.25, 0.3) is 5.69 Å². The maximum Gasteiger partial charge on any atom is 0.341 e. The minimum atomic E-state index is -0.419. The second-order valence-corrected chi connectivity index (χ2v) is 5.40. The Bertz CT molecular complexity index is 746. The topological polar surface area (TPSA) is 77.1 Å². The number of ether oxygens (including phenoxy) is 2. The monoisotopic (exact) mass is 327 g/mol. The molecule has 0 aliphatic rings. The minimum Gasteiger partial charge on any atom is -0.489 e. The van der Waals surface area contributed by atoms with Crippen LogP contribution < -0.4 is 4.74 Å². The zero-order valence-electron chi connectivity index (χ0n) is 14.2. The highest BCUT2D eigenvalue weighted by atomic mass is 16.5. The normalized spacial score (nSPS) is 11.6. The Hall–Kier alpha value is -2.81. The quantitative estimate of drug-likeness (QED) is 0.728. The smallest absolute Gasteiger partial charge is 0.341 e. The van der Waals surface area contributed by atoms with Crippen LogP contribution >= 0.6 is 0 Å². The van der Waals surface area contributed by atoms with Crippen molar-refractivity contribution < 1.29 is 14.3 Å². The summed E-state index contributed by atoms with van der Waals surface area (Å²) in [6.45, 7) is 6.13. The second kappa shape index (κ2) is 8.16. The molecule has 0 saturated heterocycles. The summed E-state index contributed by atoms with van der Waals surface area (Å²) in [6, 6.07) is 7.39. The number of esters is 1. The number of nitriles is 1. The third-order valence-corrected chi connectivity index (χ3v) is 3.47. The molecule has 0 N–H and O–H groups in total. The van der Waals surface area contributed by atoms with Crippen LogP contribution in [0.3, 0.4) is 0 Å². The van der Waals surface area contributed by atoms with E-state index in [1.165, 1.54) is 10.9 Å². The highest BCUT2D eigenvalue weighted by Crippen LogP contribution is 2.23. The van der Waals surface area contributed by atoms with Crippen LogP contribution in [0.1, 0.15) is 49.5 Å². The Morgan fingerprint density at radius 2 is 2.21 bits per heavy atom. The highest BCUT2D eigenvalue weighted by molar-refractivity contribution is 5.88. The van der Waals surface area contributed by atoms with Crippen molar-refractivity contribution in [3.8, 4) is 17.5 Å². The summed E-state index contributed by atoms with van der Waals surface area (Å²) in [5, 5.41) is 13.5. The molecule has 2 aromatic rings. The lowest BCUT2D eigenvalue weighted by Crippen LogP contribution is -2.12. The number of aromatic nitrogens is 2. The van der Waals surface area contributed by atoms with Crippen LogP contribution in [-0.2, 0) is 4.74 Å². The third-order valence-electron chi connectivity index (χ3n) is 3.47. The van der Waals surface area contributed by atoms with Crippen molar-refractivity contribution in [3.05, 3.63) is 41.7 Å². The number of carbonyl (C=O) groups excluding carboxylic acids is 1. The summed E-state index contributed by atoms with van der Waals surface area (Å²) in [6.07, 6.45) is 5.01. The van der Waals surface area contributed by atoms with E-state index in [-0.39, 0.29) is 6.10 Å². The SMILES string of the molecule is CCCC(C)Oc1ccc(-n2cc(C(=O)OCC)cn2)cc1C#N. The van der Waals surface area contributed by atoms with Crippen molar-refractivity contribution >= 4 is 5.97 Å². The van der Waals surface area contributed by atoms with Gasteiger partial charge >= 0.3 is 5.97 Å². The molecule has 0 saturated carbocycles. The van der Waals surface area contributed by atoms with Crippen molar-refractivity contribution in [1.29, 1.82) is 5.26 Å². The molecule has 24 heavy (non-hydrogen) atoms. The van der Waals surface area contributed by atoms with Gasteiger partial charge in [-0.05, 0) is 38.5 Å². The summed E-state index contributed by atoms with van der Waals surface area (Å²) in [5.74, 6) is 0.137. The van der Waals surface area contributed by atoms with E-state index in [1.807, 2.05) is 6.92 Å². The van der Waals surface area contributed by atoms with Crippen LogP contribution in [0.2, 0.25) is 0 Å². The molecule has 126 valence electrons. The molecule has 1 atom stereocenters. The van der Waals surface area contributed by atoms with Crippen LogP contribution in [0.15, 0.2) is 30.6 Å². The predicted octanol–water partition coefficient (Wildman–Crippen LogP) is 3.49. The van der Waals surface area contributed by atoms with Crippen LogP contribution in [0.4, 0.5) is 0 Å². The molecule has 1 aromatic carbocycles. The van der Waals surface area contributed by atoms with E-state index >= 15 is 0 Å². The zero-order chi connectivity index (χ0) is 17.5. The van der Waals surface area contributed by atoms with Gasteiger partial charge in [0.25, 0.3) is 0 Å². The van der Waals surface area contributed by atoms with E-state index in [9.17, 15) is 10.1 Å². The lowest BCUT2D eigenvalue weighted by Gasteiger charge is -2.15. The molecule has 0 bridgehead atoms. The van der Waals surface area contributed by atoms with Gasteiger partial charge in [-0.15, -0.1) is 0 Å². The maximum atomic E-state index is 11.7. The van der Waals surface area contributed by atoms with Gasteiger partial charge in [-0.2, -0.15) is 10.4 Å². The Morgan fingerprint density at radius 1 is 1.42 bits per heavy atom. The molecule has 0 amide bonds. The second-order valence-electron chi connectivity index (χ2n) is 5.40. The van der Waals surface area contributed by atoms with E-state index in [4.69, 9.17) is 9.47 Å². The number of rotatable bonds is 7. The number of hydrogen-bond donors (Lipinski definition) is 0. The first-order chi connectivity index (χ1) is 11.6. The molecule has 0 spiro atoms. The van der Waals surface area contributed by atoms with E-state index in [0.29, 0.717) is 29.2 Å². The third kappa shape index (κ3) is 4.13. The molecule has 6 heteroatoms. The molecule has 1 unspecified atom stereocenters. The summed E-state index contributed by atoms with van der Waals surface area (Å²) in [7, 11) is 0. The van der Waals surface area contributed by atoms with Gasteiger partial charge in [0.05, 0.1) is 35.7 Å². The standard InChI is InChI=1S/C18H21N3O3/c1-4-6-13(3)24-17-8-7-16(9-14(17)10-19)21-12-15(11-20-21)18(22)23-5-2/h7-9,11-13H,4-6H2,1-3H3. The first kappa shape index (κ1) is 17.5. The molecular formula is C18H21N3O3. The van der Waals surface area contributed by atoms with E-state index in [0.717, 1.165) is 12.8 Å². The van der Waals surface area contributed by atoms with Gasteiger partial charge in [0.15, 0.2) is 0 Å². The van der Waals surface area contributed by atoms with E-state index in [2.05, 4.69) is 18.1 Å². The highest BCUT2D eigenvalue weighted by Gasteiger charge is 2.13. The zero-order valence-corrected chi connectivity index (χ0v) is 14.2. The van der Waals surface area contributed by atoms with Crippen molar-refractivity contribution in [2.24, 2.45) is 0 Å².